The molecule has 1 atom stereocenters. The van der Waals surface area contributed by atoms with Gasteiger partial charge < -0.3 is 14.9 Å². The molecule has 0 aliphatic heterocycles. The number of rotatable bonds is 9. The summed E-state index contributed by atoms with van der Waals surface area (Å²) in [6, 6.07) is 0. The number of ether oxygens (including phenoxy) is 1. The Morgan fingerprint density at radius 1 is 1.18 bits per heavy atom. The summed E-state index contributed by atoms with van der Waals surface area (Å²) in [4.78, 5) is 22.3. The second-order valence-corrected chi connectivity index (χ2v) is 4.20. The Morgan fingerprint density at radius 2 is 1.76 bits per heavy atom. The van der Waals surface area contributed by atoms with Gasteiger partial charge >= 0.3 is 11.9 Å². The Balaban J connectivity index is 4.42. The van der Waals surface area contributed by atoms with E-state index < -0.39 is 24.0 Å². The summed E-state index contributed by atoms with van der Waals surface area (Å²) in [7, 11) is 0. The van der Waals surface area contributed by atoms with Crippen LogP contribution in [0.25, 0.3) is 0 Å². The van der Waals surface area contributed by atoms with Crippen molar-refractivity contribution in [3.8, 4) is 0 Å². The van der Waals surface area contributed by atoms with Crippen molar-refractivity contribution in [3.05, 3.63) is 0 Å². The lowest BCUT2D eigenvalue weighted by atomic mass is 9.93. The van der Waals surface area contributed by atoms with Gasteiger partial charge in [-0.1, -0.05) is 33.1 Å². The first kappa shape index (κ1) is 15.9. The summed E-state index contributed by atoms with van der Waals surface area (Å²) in [5.41, 5.74) is -1.88. The highest BCUT2D eigenvalue weighted by Gasteiger charge is 2.39. The number of aliphatic hydroxyl groups is 1. The van der Waals surface area contributed by atoms with Crippen molar-refractivity contribution in [1.29, 1.82) is 0 Å². The first-order valence-corrected chi connectivity index (χ1v) is 6.07. The van der Waals surface area contributed by atoms with Gasteiger partial charge in [-0.25, -0.2) is 4.79 Å². The van der Waals surface area contributed by atoms with E-state index in [2.05, 4.69) is 0 Å². The standard InChI is InChI=1S/C12H22O5/c1-3-5-7-12(16,9-10(13)14)11(15)17-8-6-4-2/h16H,3-9H2,1-2H3,(H,13,14). The molecule has 0 radical (unpaired) electrons. The van der Waals surface area contributed by atoms with Crippen molar-refractivity contribution in [3.63, 3.8) is 0 Å². The Bertz CT molecular complexity index is 251. The summed E-state index contributed by atoms with van der Waals surface area (Å²) in [5.74, 6) is -2.02. The highest BCUT2D eigenvalue weighted by molar-refractivity contribution is 5.85. The van der Waals surface area contributed by atoms with E-state index in [1.54, 1.807) is 0 Å². The molecule has 0 bridgehead atoms. The summed E-state index contributed by atoms with van der Waals surface area (Å²) in [6.07, 6.45) is 2.48. The third kappa shape index (κ3) is 6.26. The minimum Gasteiger partial charge on any atom is -0.481 e. The number of aliphatic carboxylic acids is 1. The molecule has 5 nitrogen and oxygen atoms in total. The van der Waals surface area contributed by atoms with Crippen molar-refractivity contribution in [1.82, 2.24) is 0 Å². The van der Waals surface area contributed by atoms with Gasteiger partial charge in [-0.15, -0.1) is 0 Å². The highest BCUT2D eigenvalue weighted by Crippen LogP contribution is 2.21. The zero-order chi connectivity index (χ0) is 13.3. The number of carboxylic acids is 1. The van der Waals surface area contributed by atoms with E-state index in [9.17, 15) is 14.7 Å². The van der Waals surface area contributed by atoms with Crippen LogP contribution in [0.15, 0.2) is 0 Å². The smallest absolute Gasteiger partial charge is 0.338 e. The monoisotopic (exact) mass is 246 g/mol. The van der Waals surface area contributed by atoms with Gasteiger partial charge in [0.1, 0.15) is 0 Å². The van der Waals surface area contributed by atoms with E-state index in [-0.39, 0.29) is 13.0 Å². The van der Waals surface area contributed by atoms with E-state index in [1.807, 2.05) is 13.8 Å². The molecule has 0 spiro atoms. The van der Waals surface area contributed by atoms with Crippen LogP contribution in [0.3, 0.4) is 0 Å². The van der Waals surface area contributed by atoms with Crippen LogP contribution in [-0.4, -0.2) is 34.4 Å². The molecular formula is C12H22O5. The van der Waals surface area contributed by atoms with Gasteiger partial charge in [0.15, 0.2) is 5.60 Å². The van der Waals surface area contributed by atoms with Crippen molar-refractivity contribution in [2.24, 2.45) is 0 Å². The van der Waals surface area contributed by atoms with Crippen molar-refractivity contribution in [2.75, 3.05) is 6.61 Å². The molecule has 0 saturated carbocycles. The van der Waals surface area contributed by atoms with Crippen LogP contribution < -0.4 is 0 Å². The number of carboxylic acid groups (broad SMARTS) is 1. The number of carbonyl (C=O) groups is 2. The van der Waals surface area contributed by atoms with Gasteiger partial charge in [0, 0.05) is 0 Å². The first-order valence-electron chi connectivity index (χ1n) is 6.07. The van der Waals surface area contributed by atoms with Crippen LogP contribution in [0.2, 0.25) is 0 Å². The first-order chi connectivity index (χ1) is 7.96. The second kappa shape index (κ2) is 8.06. The van der Waals surface area contributed by atoms with Gasteiger partial charge in [0.05, 0.1) is 13.0 Å². The average molecular weight is 246 g/mol. The number of esters is 1. The Morgan fingerprint density at radius 3 is 2.24 bits per heavy atom. The van der Waals surface area contributed by atoms with E-state index in [1.165, 1.54) is 0 Å². The Hall–Kier alpha value is -1.10. The zero-order valence-corrected chi connectivity index (χ0v) is 10.6. The lowest BCUT2D eigenvalue weighted by molar-refractivity contribution is -0.172. The normalized spacial score (nSPS) is 14.1. The van der Waals surface area contributed by atoms with E-state index in [4.69, 9.17) is 9.84 Å². The molecule has 100 valence electrons. The molecule has 0 aromatic heterocycles. The van der Waals surface area contributed by atoms with Crippen LogP contribution in [-0.2, 0) is 14.3 Å². The van der Waals surface area contributed by atoms with E-state index in [0.29, 0.717) is 12.8 Å². The van der Waals surface area contributed by atoms with Crippen LogP contribution in [0, 0.1) is 0 Å². The molecule has 5 heteroatoms. The number of unbranched alkanes of at least 4 members (excludes halogenated alkanes) is 2. The molecule has 1 unspecified atom stereocenters. The number of hydrogen-bond donors (Lipinski definition) is 2. The molecule has 0 amide bonds. The van der Waals surface area contributed by atoms with Crippen molar-refractivity contribution >= 4 is 11.9 Å². The lowest BCUT2D eigenvalue weighted by Gasteiger charge is -2.24. The fourth-order valence-electron chi connectivity index (χ4n) is 1.43. The number of carbonyl (C=O) groups excluding carboxylic acids is 1. The predicted molar refractivity (Wildman–Crippen MR) is 62.6 cm³/mol. The van der Waals surface area contributed by atoms with Gasteiger partial charge in [0.2, 0.25) is 0 Å². The maximum atomic E-state index is 11.6. The molecule has 0 saturated heterocycles. The topological polar surface area (TPSA) is 83.8 Å². The van der Waals surface area contributed by atoms with Gasteiger partial charge in [-0.2, -0.15) is 0 Å². The molecule has 0 heterocycles. The van der Waals surface area contributed by atoms with Crippen molar-refractivity contribution in [2.45, 2.75) is 58.0 Å². The molecule has 0 aromatic rings. The summed E-state index contributed by atoms with van der Waals surface area (Å²) in [5, 5.41) is 18.7. The molecule has 2 N–H and O–H groups in total. The molecule has 17 heavy (non-hydrogen) atoms. The molecular weight excluding hydrogens is 224 g/mol. The molecule has 0 rings (SSSR count). The highest BCUT2D eigenvalue weighted by atomic mass is 16.5. The minimum absolute atomic E-state index is 0.126. The summed E-state index contributed by atoms with van der Waals surface area (Å²) in [6.45, 7) is 4.08. The van der Waals surface area contributed by atoms with E-state index >= 15 is 0 Å². The van der Waals surface area contributed by atoms with Gasteiger partial charge in [-0.05, 0) is 12.8 Å². The largest absolute Gasteiger partial charge is 0.481 e. The quantitative estimate of drug-likeness (QED) is 0.478. The van der Waals surface area contributed by atoms with Crippen LogP contribution >= 0.6 is 0 Å². The Kier molecular flexibility index (Phi) is 7.54. The zero-order valence-electron chi connectivity index (χ0n) is 10.6. The fraction of sp³-hybridized carbons (Fsp3) is 0.833. The SMILES string of the molecule is CCCCOC(=O)C(O)(CCCC)CC(=O)O. The molecule has 0 fully saturated rings. The van der Waals surface area contributed by atoms with Gasteiger partial charge in [0.25, 0.3) is 0 Å². The van der Waals surface area contributed by atoms with Crippen molar-refractivity contribution < 1.29 is 24.5 Å². The summed E-state index contributed by atoms with van der Waals surface area (Å²) >= 11 is 0. The molecule has 0 aliphatic carbocycles. The van der Waals surface area contributed by atoms with Crippen LogP contribution in [0.4, 0.5) is 0 Å². The van der Waals surface area contributed by atoms with E-state index in [0.717, 1.165) is 12.8 Å². The molecule has 0 aliphatic rings. The second-order valence-electron chi connectivity index (χ2n) is 4.20. The lowest BCUT2D eigenvalue weighted by Crippen LogP contribution is -2.42. The average Bonchev–Trinajstić information content (AvgIpc) is 2.25. The fourth-order valence-corrected chi connectivity index (χ4v) is 1.43. The minimum atomic E-state index is -1.88. The van der Waals surface area contributed by atoms with Crippen LogP contribution in [0.1, 0.15) is 52.4 Å². The molecule has 0 aromatic carbocycles. The number of hydrogen-bond acceptors (Lipinski definition) is 4. The predicted octanol–water partition coefficient (Wildman–Crippen LogP) is 1.73. The summed E-state index contributed by atoms with van der Waals surface area (Å²) < 4.78 is 4.89. The van der Waals surface area contributed by atoms with Gasteiger partial charge in [-0.3, -0.25) is 4.79 Å². The Labute approximate surface area is 102 Å². The third-order valence-corrected chi connectivity index (χ3v) is 2.50. The third-order valence-electron chi connectivity index (χ3n) is 2.50. The maximum absolute atomic E-state index is 11.6. The maximum Gasteiger partial charge on any atom is 0.338 e. The van der Waals surface area contributed by atoms with Crippen LogP contribution in [0.5, 0.6) is 0 Å².